The van der Waals surface area contributed by atoms with E-state index in [9.17, 15) is 14.9 Å². The number of amides is 1. The van der Waals surface area contributed by atoms with Gasteiger partial charge in [-0.2, -0.15) is 0 Å². The third-order valence-electron chi connectivity index (χ3n) is 3.30. The molecule has 7 nitrogen and oxygen atoms in total. The van der Waals surface area contributed by atoms with Crippen LogP contribution in [-0.4, -0.2) is 48.1 Å². The maximum Gasteiger partial charge on any atom is 0.271 e. The van der Waals surface area contributed by atoms with Crippen LogP contribution in [0, 0.1) is 10.1 Å². The normalized spacial score (nSPS) is 17.4. The fraction of sp³-hybridized carbons (Fsp3) is 0.462. The van der Waals surface area contributed by atoms with Gasteiger partial charge in [0.2, 0.25) is 5.91 Å². The number of carbonyl (C=O) groups excluding carboxylic acids is 1. The number of ether oxygens (including phenoxy) is 1. The van der Waals surface area contributed by atoms with E-state index in [1.807, 2.05) is 11.8 Å². The predicted molar refractivity (Wildman–Crippen MR) is 73.6 cm³/mol. The SMILES string of the molecule is CC(C(=O)Nc1cccc([N+](=O)[O-])c1)N1CCOCC1. The summed E-state index contributed by atoms with van der Waals surface area (Å²) < 4.78 is 5.24. The van der Waals surface area contributed by atoms with Gasteiger partial charge >= 0.3 is 0 Å². The van der Waals surface area contributed by atoms with Gasteiger partial charge in [-0.05, 0) is 13.0 Å². The molecule has 1 atom stereocenters. The Morgan fingerprint density at radius 1 is 1.45 bits per heavy atom. The van der Waals surface area contributed by atoms with Gasteiger partial charge in [0, 0.05) is 30.9 Å². The summed E-state index contributed by atoms with van der Waals surface area (Å²) >= 11 is 0. The monoisotopic (exact) mass is 279 g/mol. The minimum absolute atomic E-state index is 0.0400. The Labute approximate surface area is 116 Å². The molecule has 1 heterocycles. The van der Waals surface area contributed by atoms with Crippen LogP contribution in [0.1, 0.15) is 6.92 Å². The summed E-state index contributed by atoms with van der Waals surface area (Å²) in [7, 11) is 0. The number of carbonyl (C=O) groups is 1. The van der Waals surface area contributed by atoms with E-state index < -0.39 is 4.92 Å². The molecule has 1 unspecified atom stereocenters. The average molecular weight is 279 g/mol. The zero-order valence-corrected chi connectivity index (χ0v) is 11.2. The molecule has 0 spiro atoms. The van der Waals surface area contributed by atoms with E-state index in [2.05, 4.69) is 5.32 Å². The average Bonchev–Trinajstić information content (AvgIpc) is 2.47. The second-order valence-corrected chi connectivity index (χ2v) is 4.62. The molecule has 0 aliphatic carbocycles. The highest BCUT2D eigenvalue weighted by Gasteiger charge is 2.23. The van der Waals surface area contributed by atoms with Gasteiger partial charge in [0.15, 0.2) is 0 Å². The molecule has 1 N–H and O–H groups in total. The lowest BCUT2D eigenvalue weighted by atomic mass is 10.2. The summed E-state index contributed by atoms with van der Waals surface area (Å²) in [4.78, 5) is 24.4. The molecular formula is C13H17N3O4. The van der Waals surface area contributed by atoms with Gasteiger partial charge in [-0.1, -0.05) is 6.07 Å². The Balaban J connectivity index is 1.99. The first kappa shape index (κ1) is 14.4. The van der Waals surface area contributed by atoms with Crippen LogP contribution in [0.15, 0.2) is 24.3 Å². The van der Waals surface area contributed by atoms with Crippen LogP contribution in [0.25, 0.3) is 0 Å². The maximum atomic E-state index is 12.1. The molecule has 1 aromatic carbocycles. The van der Waals surface area contributed by atoms with E-state index in [1.54, 1.807) is 12.1 Å². The second kappa shape index (κ2) is 6.44. The van der Waals surface area contributed by atoms with E-state index in [0.29, 0.717) is 32.0 Å². The van der Waals surface area contributed by atoms with E-state index in [0.717, 1.165) is 0 Å². The Bertz CT molecular complexity index is 500. The fourth-order valence-electron chi connectivity index (χ4n) is 2.07. The lowest BCUT2D eigenvalue weighted by Crippen LogP contribution is -2.47. The molecule has 108 valence electrons. The molecule has 1 aliphatic heterocycles. The Kier molecular flexibility index (Phi) is 4.65. The number of non-ortho nitro benzene ring substituents is 1. The minimum atomic E-state index is -0.485. The van der Waals surface area contributed by atoms with Crippen molar-refractivity contribution in [1.82, 2.24) is 4.90 Å². The number of hydrogen-bond acceptors (Lipinski definition) is 5. The number of nitro benzene ring substituents is 1. The van der Waals surface area contributed by atoms with Gasteiger partial charge in [0.25, 0.3) is 5.69 Å². The van der Waals surface area contributed by atoms with Crippen LogP contribution >= 0.6 is 0 Å². The van der Waals surface area contributed by atoms with Gasteiger partial charge < -0.3 is 10.1 Å². The van der Waals surface area contributed by atoms with Gasteiger partial charge in [-0.3, -0.25) is 19.8 Å². The Morgan fingerprint density at radius 2 is 2.15 bits per heavy atom. The van der Waals surface area contributed by atoms with E-state index in [4.69, 9.17) is 4.74 Å². The van der Waals surface area contributed by atoms with Crippen molar-refractivity contribution in [3.8, 4) is 0 Å². The number of nitrogens with zero attached hydrogens (tertiary/aromatic N) is 2. The molecule has 0 aromatic heterocycles. The lowest BCUT2D eigenvalue weighted by molar-refractivity contribution is -0.384. The summed E-state index contributed by atoms with van der Waals surface area (Å²) in [6, 6.07) is 5.63. The number of hydrogen-bond donors (Lipinski definition) is 1. The largest absolute Gasteiger partial charge is 0.379 e. The molecule has 7 heteroatoms. The lowest BCUT2D eigenvalue weighted by Gasteiger charge is -2.31. The molecular weight excluding hydrogens is 262 g/mol. The molecule has 0 bridgehead atoms. The van der Waals surface area contributed by atoms with Crippen LogP contribution < -0.4 is 5.32 Å². The van der Waals surface area contributed by atoms with E-state index >= 15 is 0 Å². The topological polar surface area (TPSA) is 84.7 Å². The predicted octanol–water partition coefficient (Wildman–Crippen LogP) is 1.25. The van der Waals surface area contributed by atoms with Crippen molar-refractivity contribution in [1.29, 1.82) is 0 Å². The number of anilines is 1. The van der Waals surface area contributed by atoms with Crippen LogP contribution in [0.3, 0.4) is 0 Å². The highest BCUT2D eigenvalue weighted by Crippen LogP contribution is 2.17. The first-order chi connectivity index (χ1) is 9.58. The van der Waals surface area contributed by atoms with Gasteiger partial charge in [0.1, 0.15) is 0 Å². The Morgan fingerprint density at radius 3 is 2.80 bits per heavy atom. The molecule has 1 amide bonds. The molecule has 1 fully saturated rings. The fourth-order valence-corrected chi connectivity index (χ4v) is 2.07. The molecule has 0 radical (unpaired) electrons. The van der Waals surface area contributed by atoms with Gasteiger partial charge in [-0.15, -0.1) is 0 Å². The quantitative estimate of drug-likeness (QED) is 0.662. The first-order valence-electron chi connectivity index (χ1n) is 6.45. The molecule has 20 heavy (non-hydrogen) atoms. The number of nitrogens with one attached hydrogen (secondary N) is 1. The number of nitro groups is 1. The van der Waals surface area contributed by atoms with Crippen LogP contribution in [-0.2, 0) is 9.53 Å². The van der Waals surface area contributed by atoms with E-state index in [-0.39, 0.29) is 17.6 Å². The van der Waals surface area contributed by atoms with Crippen LogP contribution in [0.5, 0.6) is 0 Å². The van der Waals surface area contributed by atoms with Crippen molar-refractivity contribution in [3.05, 3.63) is 34.4 Å². The second-order valence-electron chi connectivity index (χ2n) is 4.62. The van der Waals surface area contributed by atoms with Gasteiger partial charge in [-0.25, -0.2) is 0 Å². The Hall–Kier alpha value is -1.99. The first-order valence-corrected chi connectivity index (χ1v) is 6.45. The summed E-state index contributed by atoms with van der Waals surface area (Å²) in [5.74, 6) is -0.174. The summed E-state index contributed by atoms with van der Waals surface area (Å²) in [5.41, 5.74) is 0.395. The number of benzene rings is 1. The molecule has 1 saturated heterocycles. The molecule has 0 saturated carbocycles. The van der Waals surface area contributed by atoms with Gasteiger partial charge in [0.05, 0.1) is 24.2 Å². The molecule has 1 aromatic rings. The summed E-state index contributed by atoms with van der Waals surface area (Å²) in [6.45, 7) is 4.48. The highest BCUT2D eigenvalue weighted by atomic mass is 16.6. The van der Waals surface area contributed by atoms with Crippen molar-refractivity contribution in [2.24, 2.45) is 0 Å². The van der Waals surface area contributed by atoms with Crippen LogP contribution in [0.4, 0.5) is 11.4 Å². The third kappa shape index (κ3) is 3.52. The van der Waals surface area contributed by atoms with Crippen molar-refractivity contribution in [2.75, 3.05) is 31.6 Å². The molecule has 2 rings (SSSR count). The molecule has 1 aliphatic rings. The minimum Gasteiger partial charge on any atom is -0.379 e. The summed E-state index contributed by atoms with van der Waals surface area (Å²) in [6.07, 6.45) is 0. The summed E-state index contributed by atoms with van der Waals surface area (Å²) in [5, 5.41) is 13.4. The zero-order chi connectivity index (χ0) is 14.5. The standard InChI is InChI=1S/C13H17N3O4/c1-10(15-5-7-20-8-6-15)13(17)14-11-3-2-4-12(9-11)16(18)19/h2-4,9-10H,5-8H2,1H3,(H,14,17). The van der Waals surface area contributed by atoms with Crippen molar-refractivity contribution in [2.45, 2.75) is 13.0 Å². The number of rotatable bonds is 4. The smallest absolute Gasteiger partial charge is 0.271 e. The number of morpholine rings is 1. The van der Waals surface area contributed by atoms with Crippen molar-refractivity contribution >= 4 is 17.3 Å². The third-order valence-corrected chi connectivity index (χ3v) is 3.30. The maximum absolute atomic E-state index is 12.1. The van der Waals surface area contributed by atoms with E-state index in [1.165, 1.54) is 12.1 Å². The zero-order valence-electron chi connectivity index (χ0n) is 11.2. The van der Waals surface area contributed by atoms with Crippen molar-refractivity contribution in [3.63, 3.8) is 0 Å². The van der Waals surface area contributed by atoms with Crippen molar-refractivity contribution < 1.29 is 14.5 Å². The van der Waals surface area contributed by atoms with Crippen LogP contribution in [0.2, 0.25) is 0 Å². The highest BCUT2D eigenvalue weighted by molar-refractivity contribution is 5.94.